The van der Waals surface area contributed by atoms with Crippen LogP contribution in [0.1, 0.15) is 22.5 Å². The van der Waals surface area contributed by atoms with Crippen LogP contribution in [0.25, 0.3) is 0 Å². The Morgan fingerprint density at radius 1 is 1.27 bits per heavy atom. The molecule has 0 aliphatic heterocycles. The Kier molecular flexibility index (Phi) is 6.45. The van der Waals surface area contributed by atoms with Crippen molar-refractivity contribution in [3.63, 3.8) is 0 Å². The lowest BCUT2D eigenvalue weighted by atomic mass is 10.3. The Morgan fingerprint density at radius 2 is 2.05 bits per heavy atom. The molecular weight excluding hydrogens is 294 g/mol. The fourth-order valence-corrected chi connectivity index (χ4v) is 3.16. The predicted octanol–water partition coefficient (Wildman–Crippen LogP) is 2.36. The first kappa shape index (κ1) is 16.5. The highest BCUT2D eigenvalue weighted by molar-refractivity contribution is 7.11. The lowest BCUT2D eigenvalue weighted by Gasteiger charge is -2.11. The van der Waals surface area contributed by atoms with E-state index >= 15 is 0 Å². The normalized spacial score (nSPS) is 11.7. The second-order valence-electron chi connectivity index (χ2n) is 5.10. The Balaban J connectivity index is 1.80. The van der Waals surface area contributed by atoms with E-state index < -0.39 is 0 Å². The van der Waals surface area contributed by atoms with Gasteiger partial charge in [-0.25, -0.2) is 4.98 Å². The second kappa shape index (κ2) is 8.58. The Hall–Kier alpha value is -1.82. The molecule has 0 aliphatic carbocycles. The van der Waals surface area contributed by atoms with Crippen LogP contribution in [0, 0.1) is 13.8 Å². The molecule has 22 heavy (non-hydrogen) atoms. The molecule has 0 radical (unpaired) electrons. The number of nitrogens with zero attached hydrogens (tertiary/aromatic N) is 3. The second-order valence-corrected chi connectivity index (χ2v) is 6.39. The summed E-state index contributed by atoms with van der Waals surface area (Å²) < 4.78 is 2.15. The number of hydrogen-bond donors (Lipinski definition) is 2. The quantitative estimate of drug-likeness (QED) is 0.608. The molecule has 5 nitrogen and oxygen atoms in total. The van der Waals surface area contributed by atoms with Crippen molar-refractivity contribution in [2.45, 2.75) is 33.7 Å². The largest absolute Gasteiger partial charge is 0.357 e. The van der Waals surface area contributed by atoms with Crippen molar-refractivity contribution in [1.29, 1.82) is 0 Å². The Morgan fingerprint density at radius 3 is 2.68 bits per heavy atom. The highest BCUT2D eigenvalue weighted by Gasteiger charge is 2.04. The van der Waals surface area contributed by atoms with Crippen LogP contribution >= 0.6 is 11.3 Å². The van der Waals surface area contributed by atoms with Crippen LogP contribution in [-0.2, 0) is 13.0 Å². The number of aromatic nitrogens is 2. The molecule has 0 bridgehead atoms. The maximum atomic E-state index is 4.64. The van der Waals surface area contributed by atoms with Crippen molar-refractivity contribution in [1.82, 2.24) is 20.2 Å². The highest BCUT2D eigenvalue weighted by atomic mass is 32.1. The van der Waals surface area contributed by atoms with Crippen molar-refractivity contribution in [3.8, 4) is 0 Å². The van der Waals surface area contributed by atoms with E-state index in [2.05, 4.69) is 58.3 Å². The number of hydrogen-bond acceptors (Lipinski definition) is 3. The Bertz CT molecular complexity index is 586. The van der Waals surface area contributed by atoms with Gasteiger partial charge >= 0.3 is 0 Å². The molecule has 0 amide bonds. The molecule has 6 heteroatoms. The fourth-order valence-electron chi connectivity index (χ4n) is 2.24. The van der Waals surface area contributed by atoms with E-state index in [1.165, 1.54) is 4.88 Å². The van der Waals surface area contributed by atoms with Gasteiger partial charge in [-0.2, -0.15) is 0 Å². The number of rotatable bonds is 7. The maximum Gasteiger partial charge on any atom is 0.191 e. The highest BCUT2D eigenvalue weighted by Crippen LogP contribution is 2.17. The summed E-state index contributed by atoms with van der Waals surface area (Å²) in [6.45, 7) is 9.65. The third-order valence-corrected chi connectivity index (χ3v) is 4.41. The summed E-state index contributed by atoms with van der Waals surface area (Å²) in [5, 5.41) is 7.79. The first-order chi connectivity index (χ1) is 10.7. The van der Waals surface area contributed by atoms with Gasteiger partial charge in [0.1, 0.15) is 0 Å². The number of aliphatic imine (C=N–C) groups is 1. The number of guanidine groups is 1. The van der Waals surface area contributed by atoms with Gasteiger partial charge in [0.2, 0.25) is 0 Å². The number of aryl methyl sites for hydroxylation is 2. The molecular formula is C16H25N5S. The molecule has 0 saturated heterocycles. The lowest BCUT2D eigenvalue weighted by molar-refractivity contribution is 0.665. The van der Waals surface area contributed by atoms with Gasteiger partial charge in [0, 0.05) is 49.9 Å². The lowest BCUT2D eigenvalue weighted by Crippen LogP contribution is -2.39. The predicted molar refractivity (Wildman–Crippen MR) is 93.7 cm³/mol. The average Bonchev–Trinajstić information content (AvgIpc) is 3.09. The van der Waals surface area contributed by atoms with Crippen LogP contribution in [0.15, 0.2) is 29.5 Å². The molecule has 0 spiro atoms. The molecule has 0 aliphatic rings. The molecule has 0 aromatic carbocycles. The van der Waals surface area contributed by atoms with Crippen molar-refractivity contribution in [2.24, 2.45) is 4.99 Å². The number of thiazole rings is 1. The zero-order valence-electron chi connectivity index (χ0n) is 13.6. The van der Waals surface area contributed by atoms with E-state index in [-0.39, 0.29) is 0 Å². The average molecular weight is 319 g/mol. The summed E-state index contributed by atoms with van der Waals surface area (Å²) in [5.41, 5.74) is 1.14. The van der Waals surface area contributed by atoms with Crippen LogP contribution in [0.4, 0.5) is 0 Å². The van der Waals surface area contributed by atoms with Gasteiger partial charge in [-0.05, 0) is 32.9 Å². The smallest absolute Gasteiger partial charge is 0.191 e. The van der Waals surface area contributed by atoms with E-state index in [0.717, 1.165) is 49.3 Å². The molecule has 2 N–H and O–H groups in total. The van der Waals surface area contributed by atoms with Crippen molar-refractivity contribution < 1.29 is 0 Å². The van der Waals surface area contributed by atoms with E-state index in [1.807, 2.05) is 12.1 Å². The van der Waals surface area contributed by atoms with Gasteiger partial charge in [0.05, 0.1) is 10.7 Å². The van der Waals surface area contributed by atoms with Gasteiger partial charge in [0.15, 0.2) is 5.96 Å². The molecule has 120 valence electrons. The third kappa shape index (κ3) is 5.18. The first-order valence-corrected chi connectivity index (χ1v) is 8.56. The first-order valence-electron chi connectivity index (χ1n) is 7.75. The van der Waals surface area contributed by atoms with Crippen LogP contribution < -0.4 is 10.6 Å². The van der Waals surface area contributed by atoms with E-state index in [9.17, 15) is 0 Å². The van der Waals surface area contributed by atoms with Crippen LogP contribution in [0.2, 0.25) is 0 Å². The molecule has 2 aromatic heterocycles. The zero-order valence-corrected chi connectivity index (χ0v) is 14.4. The fraction of sp³-hybridized carbons (Fsp3) is 0.500. The summed E-state index contributed by atoms with van der Waals surface area (Å²) >= 11 is 1.77. The van der Waals surface area contributed by atoms with Crippen LogP contribution in [0.3, 0.4) is 0 Å². The van der Waals surface area contributed by atoms with Crippen LogP contribution in [0.5, 0.6) is 0 Å². The van der Waals surface area contributed by atoms with Gasteiger partial charge in [-0.15, -0.1) is 11.3 Å². The molecule has 0 saturated carbocycles. The van der Waals surface area contributed by atoms with E-state index in [4.69, 9.17) is 0 Å². The minimum Gasteiger partial charge on any atom is -0.357 e. The van der Waals surface area contributed by atoms with Gasteiger partial charge in [-0.3, -0.25) is 4.99 Å². The van der Waals surface area contributed by atoms with Gasteiger partial charge in [-0.1, -0.05) is 0 Å². The molecule has 0 unspecified atom stereocenters. The molecule has 2 heterocycles. The van der Waals surface area contributed by atoms with Crippen LogP contribution in [-0.4, -0.2) is 35.1 Å². The topological polar surface area (TPSA) is 54.2 Å². The van der Waals surface area contributed by atoms with Crippen molar-refractivity contribution in [2.75, 3.05) is 19.6 Å². The molecule has 0 atom stereocenters. The Labute approximate surface area is 136 Å². The summed E-state index contributed by atoms with van der Waals surface area (Å²) in [7, 11) is 0. The molecule has 2 rings (SSSR count). The van der Waals surface area contributed by atoms with E-state index in [0.29, 0.717) is 0 Å². The summed E-state index contributed by atoms with van der Waals surface area (Å²) in [5.74, 6) is 0.883. The van der Waals surface area contributed by atoms with Crippen molar-refractivity contribution in [3.05, 3.63) is 40.1 Å². The SMILES string of the molecule is CCNC(=NCCc1sc(C)nc1C)NCCn1cccc1. The van der Waals surface area contributed by atoms with Crippen molar-refractivity contribution >= 4 is 17.3 Å². The summed E-state index contributed by atoms with van der Waals surface area (Å²) in [6, 6.07) is 4.08. The summed E-state index contributed by atoms with van der Waals surface area (Å²) in [6.07, 6.45) is 5.09. The maximum absolute atomic E-state index is 4.64. The summed E-state index contributed by atoms with van der Waals surface area (Å²) in [4.78, 5) is 10.4. The van der Waals surface area contributed by atoms with Gasteiger partial charge in [0.25, 0.3) is 0 Å². The zero-order chi connectivity index (χ0) is 15.8. The minimum absolute atomic E-state index is 0.779. The van der Waals surface area contributed by atoms with E-state index in [1.54, 1.807) is 11.3 Å². The van der Waals surface area contributed by atoms with Gasteiger partial charge < -0.3 is 15.2 Å². The third-order valence-electron chi connectivity index (χ3n) is 3.28. The monoisotopic (exact) mass is 319 g/mol. The standard InChI is InChI=1S/C16H25N5S/c1-4-17-16(19-9-12-21-10-5-6-11-21)18-8-7-15-13(2)20-14(3)22-15/h5-6,10-11H,4,7-9,12H2,1-3H3,(H2,17,18,19). The number of nitrogens with one attached hydrogen (secondary N) is 2. The molecule has 2 aromatic rings. The minimum atomic E-state index is 0.779. The molecule has 0 fully saturated rings.